The van der Waals surface area contributed by atoms with E-state index >= 15 is 0 Å². The molecule has 1 atom stereocenters. The predicted octanol–water partition coefficient (Wildman–Crippen LogP) is 6.92. The van der Waals surface area contributed by atoms with E-state index in [0.717, 1.165) is 29.0 Å². The van der Waals surface area contributed by atoms with Crippen molar-refractivity contribution in [1.82, 2.24) is 9.88 Å². The Hall–Kier alpha value is -4.24. The third-order valence-electron chi connectivity index (χ3n) is 6.29. The van der Waals surface area contributed by atoms with Gasteiger partial charge in [-0.25, -0.2) is 4.98 Å². The molecule has 4 aromatic rings. The maximum Gasteiger partial charge on any atom is 0.416 e. The minimum atomic E-state index is -4.55. The average Bonchev–Trinajstić information content (AvgIpc) is 3.42. The Morgan fingerprint density at radius 3 is 2.32 bits per heavy atom. The summed E-state index contributed by atoms with van der Waals surface area (Å²) in [5.41, 5.74) is 1.07. The minimum absolute atomic E-state index is 0.125. The summed E-state index contributed by atoms with van der Waals surface area (Å²) in [7, 11) is 0. The van der Waals surface area contributed by atoms with Crippen LogP contribution >= 0.6 is 11.3 Å². The summed E-state index contributed by atoms with van der Waals surface area (Å²) in [6.45, 7) is 1.45. The van der Waals surface area contributed by atoms with Gasteiger partial charge in [0.15, 0.2) is 5.76 Å². The topological polar surface area (TPSA) is 70.5 Å². The summed E-state index contributed by atoms with van der Waals surface area (Å²) in [6.07, 6.45) is -4.55. The zero-order chi connectivity index (χ0) is 27.0. The van der Waals surface area contributed by atoms with Crippen LogP contribution in [0, 0.1) is 6.92 Å². The van der Waals surface area contributed by atoms with Crippen molar-refractivity contribution < 1.29 is 27.9 Å². The Bertz CT molecular complexity index is 1550. The average molecular weight is 535 g/mol. The molecule has 0 saturated carbocycles. The number of alkyl halides is 3. The molecule has 0 fully saturated rings. The van der Waals surface area contributed by atoms with Gasteiger partial charge in [-0.1, -0.05) is 72.8 Å². The van der Waals surface area contributed by atoms with Crippen molar-refractivity contribution in [3.05, 3.63) is 124 Å². The predicted molar refractivity (Wildman–Crippen MR) is 137 cm³/mol. The number of hydrogen-bond acceptors (Lipinski definition) is 5. The van der Waals surface area contributed by atoms with Gasteiger partial charge in [0.25, 0.3) is 5.91 Å². The van der Waals surface area contributed by atoms with E-state index in [1.165, 1.54) is 17.0 Å². The van der Waals surface area contributed by atoms with Crippen molar-refractivity contribution in [2.75, 3.05) is 0 Å². The minimum Gasteiger partial charge on any atom is -0.503 e. The highest BCUT2D eigenvalue weighted by Crippen LogP contribution is 2.42. The first-order chi connectivity index (χ1) is 18.1. The van der Waals surface area contributed by atoms with E-state index in [0.29, 0.717) is 16.3 Å². The normalized spacial score (nSPS) is 15.8. The largest absolute Gasteiger partial charge is 0.503 e. The van der Waals surface area contributed by atoms with E-state index in [1.807, 2.05) is 30.3 Å². The monoisotopic (exact) mass is 534 g/mol. The van der Waals surface area contributed by atoms with Crippen molar-refractivity contribution in [2.45, 2.75) is 25.7 Å². The molecule has 192 valence electrons. The molecule has 3 aromatic carbocycles. The van der Waals surface area contributed by atoms with E-state index in [4.69, 9.17) is 0 Å². The quantitative estimate of drug-likeness (QED) is 0.273. The lowest BCUT2D eigenvalue weighted by Gasteiger charge is -2.27. The van der Waals surface area contributed by atoms with Crippen LogP contribution < -0.4 is 0 Å². The second-order valence-corrected chi connectivity index (χ2v) is 9.83. The lowest BCUT2D eigenvalue weighted by Crippen LogP contribution is -2.30. The van der Waals surface area contributed by atoms with Gasteiger partial charge in [-0.15, -0.1) is 11.3 Å². The zero-order valence-electron chi connectivity index (χ0n) is 20.1. The molecular weight excluding hydrogens is 513 g/mol. The highest BCUT2D eigenvalue weighted by Gasteiger charge is 2.44. The van der Waals surface area contributed by atoms with Gasteiger partial charge < -0.3 is 10.0 Å². The zero-order valence-corrected chi connectivity index (χ0v) is 20.9. The van der Waals surface area contributed by atoms with E-state index in [1.54, 1.807) is 37.3 Å². The number of aliphatic hydroxyl groups is 1. The SMILES string of the molecule is Cc1nc(-c2ccccc2)sc1C(=O)C1=C(O)C(=O)N(Cc2cccc(C(F)(F)F)c2)C1c1ccccc1. The summed E-state index contributed by atoms with van der Waals surface area (Å²) in [4.78, 5) is 33.1. The van der Waals surface area contributed by atoms with Gasteiger partial charge >= 0.3 is 6.18 Å². The number of ketones is 1. The van der Waals surface area contributed by atoms with Crippen LogP contribution in [0.2, 0.25) is 0 Å². The maximum atomic E-state index is 13.9. The molecule has 5 rings (SSSR count). The highest BCUT2D eigenvalue weighted by atomic mass is 32.1. The standard InChI is InChI=1S/C29H21F3N2O3S/c1-17-26(38-27(33-17)20-12-6-3-7-13-20)24(35)22-23(19-10-4-2-5-11-19)34(28(37)25(22)36)16-18-9-8-14-21(15-18)29(30,31)32/h2-15,23,36H,16H2,1H3. The Morgan fingerprint density at radius 1 is 1.00 bits per heavy atom. The maximum absolute atomic E-state index is 13.9. The molecular formula is C29H21F3N2O3S. The lowest BCUT2D eigenvalue weighted by atomic mass is 9.95. The van der Waals surface area contributed by atoms with E-state index in [2.05, 4.69) is 4.98 Å². The van der Waals surface area contributed by atoms with Crippen LogP contribution in [0.25, 0.3) is 10.6 Å². The molecule has 0 bridgehead atoms. The second kappa shape index (κ2) is 9.90. The molecule has 0 aliphatic carbocycles. The van der Waals surface area contributed by atoms with Crippen molar-refractivity contribution >= 4 is 23.0 Å². The van der Waals surface area contributed by atoms with Crippen LogP contribution in [0.3, 0.4) is 0 Å². The number of rotatable bonds is 6. The number of benzene rings is 3. The van der Waals surface area contributed by atoms with Crippen LogP contribution in [0.5, 0.6) is 0 Å². The number of aryl methyl sites for hydroxylation is 1. The van der Waals surface area contributed by atoms with Gasteiger partial charge in [0.05, 0.1) is 27.7 Å². The summed E-state index contributed by atoms with van der Waals surface area (Å²) in [5, 5.41) is 11.6. The Labute approximate surface area is 220 Å². The number of amides is 1. The molecule has 0 radical (unpaired) electrons. The van der Waals surface area contributed by atoms with E-state index in [-0.39, 0.29) is 22.6 Å². The van der Waals surface area contributed by atoms with Crippen LogP contribution in [0.1, 0.15) is 38.1 Å². The summed E-state index contributed by atoms with van der Waals surface area (Å²) < 4.78 is 39.9. The second-order valence-electron chi connectivity index (χ2n) is 8.84. The Balaban J connectivity index is 1.55. The smallest absolute Gasteiger partial charge is 0.416 e. The number of carbonyl (C=O) groups excluding carboxylic acids is 2. The van der Waals surface area contributed by atoms with Crippen molar-refractivity contribution in [1.29, 1.82) is 0 Å². The van der Waals surface area contributed by atoms with Crippen LogP contribution in [-0.2, 0) is 17.5 Å². The molecule has 1 amide bonds. The van der Waals surface area contributed by atoms with Crippen LogP contribution in [-0.4, -0.2) is 26.7 Å². The number of hydrogen-bond donors (Lipinski definition) is 1. The van der Waals surface area contributed by atoms with E-state index in [9.17, 15) is 27.9 Å². The Morgan fingerprint density at radius 2 is 1.66 bits per heavy atom. The van der Waals surface area contributed by atoms with Gasteiger partial charge in [0.1, 0.15) is 5.01 Å². The van der Waals surface area contributed by atoms with Gasteiger partial charge in [0.2, 0.25) is 5.78 Å². The highest BCUT2D eigenvalue weighted by molar-refractivity contribution is 7.17. The first-order valence-corrected chi connectivity index (χ1v) is 12.5. The molecule has 0 saturated heterocycles. The first kappa shape index (κ1) is 25.4. The molecule has 2 heterocycles. The van der Waals surface area contributed by atoms with Gasteiger partial charge in [-0.05, 0) is 30.2 Å². The number of Topliss-reactive ketones (excluding diaryl/α,β-unsaturated/α-hetero) is 1. The number of aromatic nitrogens is 1. The molecule has 9 heteroatoms. The fraction of sp³-hybridized carbons (Fsp3) is 0.138. The summed E-state index contributed by atoms with van der Waals surface area (Å²) in [5.74, 6) is -2.09. The molecule has 1 aliphatic heterocycles. The number of nitrogens with zero attached hydrogens (tertiary/aromatic N) is 2. The molecule has 1 aromatic heterocycles. The van der Waals surface area contributed by atoms with Crippen molar-refractivity contribution in [3.8, 4) is 10.6 Å². The number of aliphatic hydroxyl groups excluding tert-OH is 1. The molecule has 1 unspecified atom stereocenters. The molecule has 38 heavy (non-hydrogen) atoms. The molecule has 1 aliphatic rings. The Kier molecular flexibility index (Phi) is 6.62. The van der Waals surface area contributed by atoms with Gasteiger partial charge in [-0.3, -0.25) is 9.59 Å². The number of carbonyl (C=O) groups is 2. The van der Waals surface area contributed by atoms with Gasteiger partial charge in [0, 0.05) is 12.1 Å². The molecule has 5 nitrogen and oxygen atoms in total. The third-order valence-corrected chi connectivity index (χ3v) is 7.50. The van der Waals surface area contributed by atoms with E-state index < -0.39 is 35.2 Å². The van der Waals surface area contributed by atoms with Crippen molar-refractivity contribution in [3.63, 3.8) is 0 Å². The third kappa shape index (κ3) is 4.72. The number of thiazole rings is 1. The fourth-order valence-corrected chi connectivity index (χ4v) is 5.53. The lowest BCUT2D eigenvalue weighted by molar-refractivity contribution is -0.137. The summed E-state index contributed by atoms with van der Waals surface area (Å²) in [6, 6.07) is 21.6. The van der Waals surface area contributed by atoms with Gasteiger partial charge in [-0.2, -0.15) is 13.2 Å². The molecule has 0 spiro atoms. The summed E-state index contributed by atoms with van der Waals surface area (Å²) >= 11 is 1.16. The molecule has 1 N–H and O–H groups in total. The fourth-order valence-electron chi connectivity index (χ4n) is 4.51. The first-order valence-electron chi connectivity index (χ1n) is 11.7. The van der Waals surface area contributed by atoms with Crippen LogP contribution in [0.15, 0.2) is 96.3 Å². The van der Waals surface area contributed by atoms with Crippen molar-refractivity contribution in [2.24, 2.45) is 0 Å². The number of halogens is 3. The van der Waals surface area contributed by atoms with Crippen LogP contribution in [0.4, 0.5) is 13.2 Å².